The monoisotopic (exact) mass is 171 g/mol. The Bertz CT molecular complexity index is 89.0. The highest BCUT2D eigenvalue weighted by Crippen LogP contribution is 2.10. The van der Waals surface area contributed by atoms with Gasteiger partial charge >= 0.3 is 0 Å². The van der Waals surface area contributed by atoms with Crippen LogP contribution in [0.25, 0.3) is 0 Å². The second-order valence-corrected chi connectivity index (χ2v) is 4.14. The molecule has 0 aromatic carbocycles. The molecule has 1 atom stereocenters. The summed E-state index contributed by atoms with van der Waals surface area (Å²) in [7, 11) is 0. The molecule has 0 aliphatic rings. The van der Waals surface area contributed by atoms with Gasteiger partial charge in [-0.2, -0.15) is 0 Å². The highest BCUT2D eigenvalue weighted by molar-refractivity contribution is 4.58. The van der Waals surface area contributed by atoms with E-state index in [4.69, 9.17) is 0 Å². The van der Waals surface area contributed by atoms with Gasteiger partial charge in [-0.15, -0.1) is 0 Å². The molecule has 0 radical (unpaired) electrons. The molecule has 0 spiro atoms. The van der Waals surface area contributed by atoms with Gasteiger partial charge in [0.15, 0.2) is 0 Å². The molecular weight excluding hydrogens is 146 g/mol. The van der Waals surface area contributed by atoms with Crippen LogP contribution < -0.4 is 5.32 Å². The number of nitrogens with one attached hydrogen (secondary N) is 1. The van der Waals surface area contributed by atoms with Gasteiger partial charge in [0, 0.05) is 6.04 Å². The molecule has 0 aromatic heterocycles. The Morgan fingerprint density at radius 2 is 1.75 bits per heavy atom. The zero-order valence-electron chi connectivity index (χ0n) is 9.19. The Morgan fingerprint density at radius 1 is 1.08 bits per heavy atom. The summed E-state index contributed by atoms with van der Waals surface area (Å²) in [5.41, 5.74) is 0. The summed E-state index contributed by atoms with van der Waals surface area (Å²) < 4.78 is 0. The van der Waals surface area contributed by atoms with E-state index in [9.17, 15) is 0 Å². The van der Waals surface area contributed by atoms with Gasteiger partial charge in [0.25, 0.3) is 0 Å². The molecule has 0 aliphatic heterocycles. The minimum absolute atomic E-state index is 0.642. The second kappa shape index (κ2) is 7.60. The van der Waals surface area contributed by atoms with Gasteiger partial charge in [-0.1, -0.05) is 47.0 Å². The number of unbranched alkanes of at least 4 members (excludes halogenated alkanes) is 1. The van der Waals surface area contributed by atoms with E-state index >= 15 is 0 Å². The first-order chi connectivity index (χ1) is 5.66. The van der Waals surface area contributed by atoms with Crippen LogP contribution in [-0.2, 0) is 0 Å². The van der Waals surface area contributed by atoms with Crippen LogP contribution in [0, 0.1) is 5.92 Å². The fourth-order valence-corrected chi connectivity index (χ4v) is 1.32. The van der Waals surface area contributed by atoms with Crippen LogP contribution in [0.3, 0.4) is 0 Å². The molecule has 0 saturated carbocycles. The molecule has 1 heteroatoms. The van der Waals surface area contributed by atoms with E-state index in [-0.39, 0.29) is 0 Å². The lowest BCUT2D eigenvalue weighted by Crippen LogP contribution is -2.24. The van der Waals surface area contributed by atoms with Gasteiger partial charge < -0.3 is 5.32 Å². The van der Waals surface area contributed by atoms with E-state index < -0.39 is 0 Å². The maximum atomic E-state index is 3.45. The highest BCUT2D eigenvalue weighted by atomic mass is 14.9. The molecule has 0 heterocycles. The van der Waals surface area contributed by atoms with Crippen LogP contribution in [0.1, 0.15) is 53.4 Å². The van der Waals surface area contributed by atoms with Crippen molar-refractivity contribution in [2.75, 3.05) is 6.54 Å². The van der Waals surface area contributed by atoms with Gasteiger partial charge in [-0.05, 0) is 18.9 Å². The average Bonchev–Trinajstić information content (AvgIpc) is 2.00. The fourth-order valence-electron chi connectivity index (χ4n) is 1.32. The van der Waals surface area contributed by atoms with Crippen LogP contribution in [0.15, 0.2) is 0 Å². The van der Waals surface area contributed by atoms with E-state index in [1.54, 1.807) is 0 Å². The molecular formula is C11H25N. The van der Waals surface area contributed by atoms with Crippen molar-refractivity contribution in [2.45, 2.75) is 59.4 Å². The zero-order valence-corrected chi connectivity index (χ0v) is 9.19. The minimum atomic E-state index is 0.642. The molecule has 0 bridgehead atoms. The number of rotatable bonds is 7. The van der Waals surface area contributed by atoms with Gasteiger partial charge in [-0.3, -0.25) is 0 Å². The predicted octanol–water partition coefficient (Wildman–Crippen LogP) is 3.20. The van der Waals surface area contributed by atoms with Gasteiger partial charge in [0.05, 0.1) is 0 Å². The van der Waals surface area contributed by atoms with E-state index in [1.807, 2.05) is 0 Å². The normalized spacial score (nSPS) is 13.8. The predicted molar refractivity (Wildman–Crippen MR) is 56.4 cm³/mol. The SMILES string of the molecule is CCCCC(C)CCNC(C)C. The van der Waals surface area contributed by atoms with E-state index in [2.05, 4.69) is 33.0 Å². The quantitative estimate of drug-likeness (QED) is 0.620. The molecule has 0 fully saturated rings. The molecule has 12 heavy (non-hydrogen) atoms. The Hall–Kier alpha value is -0.0400. The molecule has 1 nitrogen and oxygen atoms in total. The molecule has 0 saturated heterocycles. The van der Waals surface area contributed by atoms with Crippen LogP contribution in [0.2, 0.25) is 0 Å². The topological polar surface area (TPSA) is 12.0 Å². The Morgan fingerprint density at radius 3 is 2.25 bits per heavy atom. The third kappa shape index (κ3) is 8.06. The molecule has 74 valence electrons. The van der Waals surface area contributed by atoms with Crippen molar-refractivity contribution in [1.82, 2.24) is 5.32 Å². The molecule has 0 aromatic rings. The van der Waals surface area contributed by atoms with Crippen LogP contribution in [0.5, 0.6) is 0 Å². The second-order valence-electron chi connectivity index (χ2n) is 4.14. The third-order valence-electron chi connectivity index (χ3n) is 2.24. The van der Waals surface area contributed by atoms with Crippen LogP contribution >= 0.6 is 0 Å². The van der Waals surface area contributed by atoms with Crippen LogP contribution in [0.4, 0.5) is 0 Å². The Labute approximate surface area is 77.9 Å². The third-order valence-corrected chi connectivity index (χ3v) is 2.24. The summed E-state index contributed by atoms with van der Waals surface area (Å²) >= 11 is 0. The van der Waals surface area contributed by atoms with Crippen molar-refractivity contribution < 1.29 is 0 Å². The fraction of sp³-hybridized carbons (Fsp3) is 1.00. The van der Waals surface area contributed by atoms with Crippen LogP contribution in [-0.4, -0.2) is 12.6 Å². The van der Waals surface area contributed by atoms with Crippen molar-refractivity contribution in [3.05, 3.63) is 0 Å². The van der Waals surface area contributed by atoms with Crippen molar-refractivity contribution in [1.29, 1.82) is 0 Å². The lowest BCUT2D eigenvalue weighted by atomic mass is 10.0. The standard InChI is InChI=1S/C11H25N/c1-5-6-7-11(4)8-9-12-10(2)3/h10-12H,5-9H2,1-4H3. The van der Waals surface area contributed by atoms with Crippen molar-refractivity contribution >= 4 is 0 Å². The van der Waals surface area contributed by atoms with E-state index in [0.717, 1.165) is 5.92 Å². The molecule has 0 amide bonds. The summed E-state index contributed by atoms with van der Waals surface area (Å²) in [6, 6.07) is 0.642. The molecule has 1 unspecified atom stereocenters. The molecule has 0 aliphatic carbocycles. The minimum Gasteiger partial charge on any atom is -0.315 e. The number of hydrogen-bond acceptors (Lipinski definition) is 1. The van der Waals surface area contributed by atoms with Gasteiger partial charge in [0.1, 0.15) is 0 Å². The summed E-state index contributed by atoms with van der Waals surface area (Å²) in [4.78, 5) is 0. The van der Waals surface area contributed by atoms with E-state index in [0.29, 0.717) is 6.04 Å². The molecule has 1 N–H and O–H groups in total. The highest BCUT2D eigenvalue weighted by Gasteiger charge is 2.00. The maximum absolute atomic E-state index is 3.45. The summed E-state index contributed by atoms with van der Waals surface area (Å²) in [5, 5.41) is 3.45. The lowest BCUT2D eigenvalue weighted by Gasteiger charge is -2.12. The number of hydrogen-bond donors (Lipinski definition) is 1. The van der Waals surface area contributed by atoms with Crippen molar-refractivity contribution in [3.8, 4) is 0 Å². The van der Waals surface area contributed by atoms with Gasteiger partial charge in [-0.25, -0.2) is 0 Å². The lowest BCUT2D eigenvalue weighted by molar-refractivity contribution is 0.441. The summed E-state index contributed by atoms with van der Waals surface area (Å²) in [5.74, 6) is 0.899. The Balaban J connectivity index is 3.13. The average molecular weight is 171 g/mol. The van der Waals surface area contributed by atoms with Crippen molar-refractivity contribution in [3.63, 3.8) is 0 Å². The van der Waals surface area contributed by atoms with Gasteiger partial charge in [0.2, 0.25) is 0 Å². The maximum Gasteiger partial charge on any atom is 0.00103 e. The summed E-state index contributed by atoms with van der Waals surface area (Å²) in [6.45, 7) is 10.2. The summed E-state index contributed by atoms with van der Waals surface area (Å²) in [6.07, 6.45) is 5.46. The van der Waals surface area contributed by atoms with E-state index in [1.165, 1.54) is 32.2 Å². The first-order valence-corrected chi connectivity index (χ1v) is 5.40. The smallest absolute Gasteiger partial charge is 0.00103 e. The van der Waals surface area contributed by atoms with Crippen molar-refractivity contribution in [2.24, 2.45) is 5.92 Å². The first-order valence-electron chi connectivity index (χ1n) is 5.40. The zero-order chi connectivity index (χ0) is 9.40. The first kappa shape index (κ1) is 12.0. The largest absolute Gasteiger partial charge is 0.315 e. The Kier molecular flexibility index (Phi) is 7.58. The molecule has 0 rings (SSSR count).